The Balaban J connectivity index is 1.94. The number of nitrogens with one attached hydrogen (secondary N) is 2. The summed E-state index contributed by atoms with van der Waals surface area (Å²) in [7, 11) is 0. The zero-order valence-corrected chi connectivity index (χ0v) is 9.29. The van der Waals surface area contributed by atoms with E-state index in [0.717, 1.165) is 29.5 Å². The van der Waals surface area contributed by atoms with Gasteiger partial charge in [-0.1, -0.05) is 5.16 Å². The lowest BCUT2D eigenvalue weighted by Crippen LogP contribution is -2.37. The summed E-state index contributed by atoms with van der Waals surface area (Å²) in [4.78, 5) is 4.32. The van der Waals surface area contributed by atoms with Crippen LogP contribution in [0.5, 0.6) is 0 Å². The van der Waals surface area contributed by atoms with Crippen LogP contribution < -0.4 is 10.6 Å². The van der Waals surface area contributed by atoms with Gasteiger partial charge in [0.05, 0.1) is 12.2 Å². The third kappa shape index (κ3) is 2.11. The third-order valence-corrected chi connectivity index (χ3v) is 2.52. The predicted octanol–water partition coefficient (Wildman–Crippen LogP) is 0.729. The number of hydrogen-bond acceptors (Lipinski definition) is 5. The standard InChI is InChI=1S/C10H16N4O/c1-6-4-11-10(13-6)12-5-9-7(2)14-15-8(9)3/h6H,4-5H2,1-3H3,(H2,11,12,13). The van der Waals surface area contributed by atoms with Crippen molar-refractivity contribution in [3.05, 3.63) is 17.0 Å². The number of aliphatic imine (C=N–C) groups is 1. The maximum absolute atomic E-state index is 5.08. The van der Waals surface area contributed by atoms with Crippen LogP contribution in [-0.4, -0.2) is 23.7 Å². The molecule has 0 bridgehead atoms. The molecule has 2 N–H and O–H groups in total. The average molecular weight is 208 g/mol. The van der Waals surface area contributed by atoms with Crippen LogP contribution in [0.3, 0.4) is 0 Å². The van der Waals surface area contributed by atoms with Gasteiger partial charge in [-0.2, -0.15) is 0 Å². The summed E-state index contributed by atoms with van der Waals surface area (Å²) >= 11 is 0. The summed E-state index contributed by atoms with van der Waals surface area (Å²) < 4.78 is 5.08. The van der Waals surface area contributed by atoms with Gasteiger partial charge in [0.15, 0.2) is 5.96 Å². The molecule has 82 valence electrons. The van der Waals surface area contributed by atoms with Gasteiger partial charge in [-0.25, -0.2) is 0 Å². The first-order chi connectivity index (χ1) is 7.16. The van der Waals surface area contributed by atoms with Crippen LogP contribution in [0.1, 0.15) is 23.9 Å². The van der Waals surface area contributed by atoms with Crippen LogP contribution in [0.2, 0.25) is 0 Å². The number of rotatable bonds is 2. The molecule has 0 aliphatic carbocycles. The fraction of sp³-hybridized carbons (Fsp3) is 0.600. The van der Waals surface area contributed by atoms with Gasteiger partial charge < -0.3 is 15.2 Å². The molecular formula is C10H16N4O. The third-order valence-electron chi connectivity index (χ3n) is 2.52. The van der Waals surface area contributed by atoms with E-state index in [1.165, 1.54) is 0 Å². The highest BCUT2D eigenvalue weighted by Crippen LogP contribution is 2.11. The van der Waals surface area contributed by atoms with Gasteiger partial charge in [0, 0.05) is 18.2 Å². The van der Waals surface area contributed by atoms with Gasteiger partial charge in [-0.15, -0.1) is 0 Å². The lowest BCUT2D eigenvalue weighted by molar-refractivity contribution is 0.392. The molecule has 0 amide bonds. The van der Waals surface area contributed by atoms with E-state index in [1.54, 1.807) is 0 Å². The second kappa shape index (κ2) is 3.92. The molecule has 2 heterocycles. The van der Waals surface area contributed by atoms with Crippen LogP contribution in [0.15, 0.2) is 9.52 Å². The van der Waals surface area contributed by atoms with Crippen molar-refractivity contribution in [1.82, 2.24) is 15.8 Å². The summed E-state index contributed by atoms with van der Waals surface area (Å²) in [6.07, 6.45) is 0. The van der Waals surface area contributed by atoms with E-state index in [1.807, 2.05) is 13.8 Å². The Morgan fingerprint density at radius 2 is 2.33 bits per heavy atom. The van der Waals surface area contributed by atoms with Crippen molar-refractivity contribution < 1.29 is 4.52 Å². The van der Waals surface area contributed by atoms with Gasteiger partial charge in [-0.05, 0) is 20.8 Å². The highest BCUT2D eigenvalue weighted by atomic mass is 16.5. The molecule has 1 aromatic heterocycles. The van der Waals surface area contributed by atoms with E-state index in [9.17, 15) is 0 Å². The Hall–Kier alpha value is -1.52. The first-order valence-corrected chi connectivity index (χ1v) is 5.13. The Bertz CT molecular complexity index is 363. The molecule has 1 aliphatic rings. The van der Waals surface area contributed by atoms with Crippen molar-refractivity contribution in [1.29, 1.82) is 0 Å². The molecule has 15 heavy (non-hydrogen) atoms. The largest absolute Gasteiger partial charge is 0.361 e. The number of aromatic nitrogens is 1. The molecule has 1 aliphatic heterocycles. The molecule has 1 aromatic rings. The van der Waals surface area contributed by atoms with Crippen molar-refractivity contribution >= 4 is 5.96 Å². The van der Waals surface area contributed by atoms with Crippen LogP contribution in [0.25, 0.3) is 0 Å². The fourth-order valence-corrected chi connectivity index (χ4v) is 1.59. The smallest absolute Gasteiger partial charge is 0.191 e. The maximum atomic E-state index is 5.08. The zero-order valence-electron chi connectivity index (χ0n) is 9.29. The monoisotopic (exact) mass is 208 g/mol. The highest BCUT2D eigenvalue weighted by molar-refractivity contribution is 5.81. The normalized spacial score (nSPS) is 19.9. The molecule has 0 fully saturated rings. The molecule has 0 spiro atoms. The molecule has 5 heteroatoms. The number of aryl methyl sites for hydroxylation is 2. The van der Waals surface area contributed by atoms with Gasteiger partial charge >= 0.3 is 0 Å². The van der Waals surface area contributed by atoms with Crippen LogP contribution >= 0.6 is 0 Å². The van der Waals surface area contributed by atoms with Gasteiger partial charge in [-0.3, -0.25) is 4.99 Å². The predicted molar refractivity (Wildman–Crippen MR) is 57.7 cm³/mol. The van der Waals surface area contributed by atoms with Crippen molar-refractivity contribution in [2.45, 2.75) is 33.4 Å². The molecule has 0 aromatic carbocycles. The van der Waals surface area contributed by atoms with Gasteiger partial charge in [0.1, 0.15) is 5.76 Å². The van der Waals surface area contributed by atoms with Crippen molar-refractivity contribution in [3.8, 4) is 0 Å². The van der Waals surface area contributed by atoms with Crippen molar-refractivity contribution in [2.75, 3.05) is 6.54 Å². The fourth-order valence-electron chi connectivity index (χ4n) is 1.59. The lowest BCUT2D eigenvalue weighted by Gasteiger charge is -2.08. The minimum absolute atomic E-state index is 0.428. The number of hydrogen-bond donors (Lipinski definition) is 2. The van der Waals surface area contributed by atoms with E-state index >= 15 is 0 Å². The topological polar surface area (TPSA) is 62.5 Å². The summed E-state index contributed by atoms with van der Waals surface area (Å²) in [5, 5.41) is 10.4. The van der Waals surface area contributed by atoms with Gasteiger partial charge in [0.2, 0.25) is 0 Å². The number of nitrogens with zero attached hydrogens (tertiary/aromatic N) is 2. The molecule has 1 unspecified atom stereocenters. The second-order valence-electron chi connectivity index (χ2n) is 3.89. The van der Waals surface area contributed by atoms with Crippen LogP contribution in [0.4, 0.5) is 0 Å². The van der Waals surface area contributed by atoms with E-state index in [4.69, 9.17) is 4.52 Å². The summed E-state index contributed by atoms with van der Waals surface area (Å²) in [5.41, 5.74) is 2.05. The van der Waals surface area contributed by atoms with Crippen LogP contribution in [0, 0.1) is 13.8 Å². The first kappa shape index (κ1) is 10.0. The quantitative estimate of drug-likeness (QED) is 0.752. The molecule has 0 saturated heterocycles. The van der Waals surface area contributed by atoms with E-state index in [2.05, 4.69) is 27.7 Å². The summed E-state index contributed by atoms with van der Waals surface area (Å²) in [6.45, 7) is 7.52. The van der Waals surface area contributed by atoms with E-state index < -0.39 is 0 Å². The molecule has 0 radical (unpaired) electrons. The molecule has 1 atom stereocenters. The lowest BCUT2D eigenvalue weighted by atomic mass is 10.2. The summed E-state index contributed by atoms with van der Waals surface area (Å²) in [6, 6.07) is 0.428. The maximum Gasteiger partial charge on any atom is 0.191 e. The Morgan fingerprint density at radius 3 is 2.87 bits per heavy atom. The Kier molecular flexibility index (Phi) is 2.62. The summed E-state index contributed by atoms with van der Waals surface area (Å²) in [5.74, 6) is 1.73. The Morgan fingerprint density at radius 1 is 1.53 bits per heavy atom. The average Bonchev–Trinajstić information content (AvgIpc) is 2.73. The second-order valence-corrected chi connectivity index (χ2v) is 3.89. The SMILES string of the molecule is Cc1noc(C)c1CNC1=NCC(C)N1. The molecular weight excluding hydrogens is 192 g/mol. The van der Waals surface area contributed by atoms with E-state index in [-0.39, 0.29) is 0 Å². The highest BCUT2D eigenvalue weighted by Gasteiger charge is 2.14. The van der Waals surface area contributed by atoms with Gasteiger partial charge in [0.25, 0.3) is 0 Å². The molecule has 0 saturated carbocycles. The van der Waals surface area contributed by atoms with Crippen molar-refractivity contribution in [3.63, 3.8) is 0 Å². The minimum atomic E-state index is 0.428. The zero-order chi connectivity index (χ0) is 10.8. The molecule has 2 rings (SSSR count). The Labute approximate surface area is 88.9 Å². The van der Waals surface area contributed by atoms with Crippen LogP contribution in [-0.2, 0) is 6.54 Å². The molecule has 5 nitrogen and oxygen atoms in total. The van der Waals surface area contributed by atoms with Crippen molar-refractivity contribution in [2.24, 2.45) is 4.99 Å². The minimum Gasteiger partial charge on any atom is -0.361 e. The first-order valence-electron chi connectivity index (χ1n) is 5.13. The number of guanidine groups is 1. The van der Waals surface area contributed by atoms with E-state index in [0.29, 0.717) is 12.6 Å².